The molecule has 1 unspecified atom stereocenters. The van der Waals surface area contributed by atoms with Gasteiger partial charge in [-0.15, -0.1) is 11.8 Å². The highest BCUT2D eigenvalue weighted by Crippen LogP contribution is 2.20. The highest BCUT2D eigenvalue weighted by molar-refractivity contribution is 7.98. The van der Waals surface area contributed by atoms with Gasteiger partial charge >= 0.3 is 0 Å². The summed E-state index contributed by atoms with van der Waals surface area (Å²) in [6, 6.07) is 8.35. The van der Waals surface area contributed by atoms with Crippen LogP contribution in [0, 0.1) is 0 Å². The Hall–Kier alpha value is -0.670. The molecule has 0 radical (unpaired) electrons. The Kier molecular flexibility index (Phi) is 7.94. The number of benzene rings is 1. The molecule has 0 amide bonds. The topological polar surface area (TPSA) is 21.3 Å². The summed E-state index contributed by atoms with van der Waals surface area (Å²) in [6.45, 7) is 6.39. The maximum absolute atomic E-state index is 6.03. The van der Waals surface area contributed by atoms with E-state index in [2.05, 4.69) is 49.7 Å². The van der Waals surface area contributed by atoms with Crippen molar-refractivity contribution in [1.29, 1.82) is 0 Å². The zero-order chi connectivity index (χ0) is 13.2. The van der Waals surface area contributed by atoms with Crippen molar-refractivity contribution in [2.24, 2.45) is 0 Å². The second-order valence-corrected chi connectivity index (χ2v) is 5.29. The number of thioether (sulfide) groups is 1. The standard InChI is InChI=1S/C15H25NOS/c1-4-6-14(12-16-11-5-2)17-13-7-9-15(18-3)10-8-13/h7-10,14,16H,4-6,11-12H2,1-3H3. The number of ether oxygens (including phenoxy) is 1. The lowest BCUT2D eigenvalue weighted by molar-refractivity contribution is 0.186. The van der Waals surface area contributed by atoms with Crippen molar-refractivity contribution in [3.05, 3.63) is 24.3 Å². The fraction of sp³-hybridized carbons (Fsp3) is 0.600. The van der Waals surface area contributed by atoms with Crippen LogP contribution in [0.2, 0.25) is 0 Å². The summed E-state index contributed by atoms with van der Waals surface area (Å²) in [5.41, 5.74) is 0. The molecule has 0 spiro atoms. The molecule has 0 saturated heterocycles. The van der Waals surface area contributed by atoms with Crippen molar-refractivity contribution in [3.63, 3.8) is 0 Å². The SMILES string of the molecule is CCCNCC(CCC)Oc1ccc(SC)cc1. The van der Waals surface area contributed by atoms with Gasteiger partial charge in [0.05, 0.1) is 0 Å². The van der Waals surface area contributed by atoms with Gasteiger partial charge in [0.2, 0.25) is 0 Å². The number of hydrogen-bond acceptors (Lipinski definition) is 3. The summed E-state index contributed by atoms with van der Waals surface area (Å²) in [5, 5.41) is 3.43. The smallest absolute Gasteiger partial charge is 0.119 e. The van der Waals surface area contributed by atoms with Crippen molar-refractivity contribution in [3.8, 4) is 5.75 Å². The molecular formula is C15H25NOS. The Morgan fingerprint density at radius 1 is 1.17 bits per heavy atom. The summed E-state index contributed by atoms with van der Waals surface area (Å²) in [7, 11) is 0. The van der Waals surface area contributed by atoms with Gasteiger partial charge in [-0.1, -0.05) is 20.3 Å². The van der Waals surface area contributed by atoms with Crippen LogP contribution in [0.4, 0.5) is 0 Å². The van der Waals surface area contributed by atoms with Gasteiger partial charge in [0.1, 0.15) is 11.9 Å². The molecule has 0 aliphatic carbocycles. The second kappa shape index (κ2) is 9.29. The molecule has 18 heavy (non-hydrogen) atoms. The molecule has 1 atom stereocenters. The fourth-order valence-corrected chi connectivity index (χ4v) is 2.22. The van der Waals surface area contributed by atoms with Crippen molar-refractivity contribution in [2.75, 3.05) is 19.3 Å². The Morgan fingerprint density at radius 3 is 2.44 bits per heavy atom. The molecule has 1 N–H and O–H groups in total. The van der Waals surface area contributed by atoms with E-state index in [4.69, 9.17) is 4.74 Å². The third kappa shape index (κ3) is 5.78. The number of nitrogens with one attached hydrogen (secondary N) is 1. The molecule has 3 heteroatoms. The lowest BCUT2D eigenvalue weighted by Gasteiger charge is -2.19. The average Bonchev–Trinajstić information content (AvgIpc) is 2.40. The van der Waals surface area contributed by atoms with Gasteiger partial charge in [-0.3, -0.25) is 0 Å². The van der Waals surface area contributed by atoms with E-state index in [1.54, 1.807) is 11.8 Å². The Balaban J connectivity index is 2.47. The van der Waals surface area contributed by atoms with E-state index in [0.29, 0.717) is 0 Å². The Labute approximate surface area is 116 Å². The average molecular weight is 267 g/mol. The minimum Gasteiger partial charge on any atom is -0.489 e. The first-order valence-corrected chi connectivity index (χ1v) is 8.04. The van der Waals surface area contributed by atoms with Crippen LogP contribution < -0.4 is 10.1 Å². The van der Waals surface area contributed by atoms with Gasteiger partial charge < -0.3 is 10.1 Å². The number of hydrogen-bond donors (Lipinski definition) is 1. The van der Waals surface area contributed by atoms with E-state index in [9.17, 15) is 0 Å². The van der Waals surface area contributed by atoms with Gasteiger partial charge in [0.25, 0.3) is 0 Å². The van der Waals surface area contributed by atoms with Crippen molar-refractivity contribution in [2.45, 2.75) is 44.1 Å². The molecule has 0 aliphatic rings. The summed E-state index contributed by atoms with van der Waals surface area (Å²) < 4.78 is 6.03. The minimum atomic E-state index is 0.279. The summed E-state index contributed by atoms with van der Waals surface area (Å²) in [6.07, 6.45) is 5.79. The highest BCUT2D eigenvalue weighted by Gasteiger charge is 2.08. The van der Waals surface area contributed by atoms with E-state index in [0.717, 1.165) is 31.7 Å². The van der Waals surface area contributed by atoms with Gasteiger partial charge in [0, 0.05) is 11.4 Å². The molecular weight excluding hydrogens is 242 g/mol. The van der Waals surface area contributed by atoms with Crippen LogP contribution in [0.25, 0.3) is 0 Å². The van der Waals surface area contributed by atoms with Crippen LogP contribution in [0.15, 0.2) is 29.2 Å². The van der Waals surface area contributed by atoms with E-state index in [1.165, 1.54) is 11.3 Å². The monoisotopic (exact) mass is 267 g/mol. The summed E-state index contributed by atoms with van der Waals surface area (Å²) in [5.74, 6) is 0.976. The van der Waals surface area contributed by atoms with Crippen LogP contribution in [0.5, 0.6) is 5.75 Å². The second-order valence-electron chi connectivity index (χ2n) is 4.41. The first kappa shape index (κ1) is 15.4. The molecule has 0 fully saturated rings. The van der Waals surface area contributed by atoms with Gasteiger partial charge in [0.15, 0.2) is 0 Å². The Morgan fingerprint density at radius 2 is 1.89 bits per heavy atom. The highest BCUT2D eigenvalue weighted by atomic mass is 32.2. The van der Waals surface area contributed by atoms with Crippen LogP contribution in [-0.2, 0) is 0 Å². The zero-order valence-electron chi connectivity index (χ0n) is 11.7. The zero-order valence-corrected chi connectivity index (χ0v) is 12.6. The van der Waals surface area contributed by atoms with Crippen LogP contribution in [-0.4, -0.2) is 25.4 Å². The van der Waals surface area contributed by atoms with E-state index in [-0.39, 0.29) is 6.10 Å². The largest absolute Gasteiger partial charge is 0.489 e. The van der Waals surface area contributed by atoms with E-state index >= 15 is 0 Å². The van der Waals surface area contributed by atoms with Crippen molar-refractivity contribution < 1.29 is 4.74 Å². The molecule has 0 bridgehead atoms. The normalized spacial score (nSPS) is 12.4. The molecule has 0 aliphatic heterocycles. The third-order valence-corrected chi connectivity index (χ3v) is 3.52. The molecule has 102 valence electrons. The van der Waals surface area contributed by atoms with Crippen molar-refractivity contribution in [1.82, 2.24) is 5.32 Å². The maximum atomic E-state index is 6.03. The first-order chi connectivity index (χ1) is 8.80. The van der Waals surface area contributed by atoms with Crippen LogP contribution >= 0.6 is 11.8 Å². The summed E-state index contributed by atoms with van der Waals surface area (Å²) in [4.78, 5) is 1.28. The minimum absolute atomic E-state index is 0.279. The lowest BCUT2D eigenvalue weighted by Crippen LogP contribution is -2.31. The lowest BCUT2D eigenvalue weighted by atomic mass is 10.2. The maximum Gasteiger partial charge on any atom is 0.119 e. The molecule has 1 rings (SSSR count). The van der Waals surface area contributed by atoms with Crippen LogP contribution in [0.1, 0.15) is 33.1 Å². The number of rotatable bonds is 9. The van der Waals surface area contributed by atoms with Crippen LogP contribution in [0.3, 0.4) is 0 Å². The predicted octanol–water partition coefficient (Wildman–Crippen LogP) is 3.96. The molecule has 2 nitrogen and oxygen atoms in total. The molecule has 1 aromatic rings. The third-order valence-electron chi connectivity index (χ3n) is 2.77. The van der Waals surface area contributed by atoms with Gasteiger partial charge in [-0.05, 0) is 49.9 Å². The van der Waals surface area contributed by atoms with Gasteiger partial charge in [-0.2, -0.15) is 0 Å². The molecule has 0 heterocycles. The summed E-state index contributed by atoms with van der Waals surface area (Å²) >= 11 is 1.76. The molecule has 0 saturated carbocycles. The molecule has 1 aromatic carbocycles. The van der Waals surface area contributed by atoms with Crippen molar-refractivity contribution >= 4 is 11.8 Å². The Bertz CT molecular complexity index is 313. The first-order valence-electron chi connectivity index (χ1n) is 6.81. The molecule has 0 aromatic heterocycles. The predicted molar refractivity (Wildman–Crippen MR) is 80.7 cm³/mol. The fourth-order valence-electron chi connectivity index (χ4n) is 1.81. The van der Waals surface area contributed by atoms with E-state index in [1.807, 2.05) is 0 Å². The van der Waals surface area contributed by atoms with E-state index < -0.39 is 0 Å². The van der Waals surface area contributed by atoms with Gasteiger partial charge in [-0.25, -0.2) is 0 Å². The quantitative estimate of drug-likeness (QED) is 0.540.